The third-order valence-corrected chi connectivity index (χ3v) is 6.83. The van der Waals surface area contributed by atoms with Gasteiger partial charge in [-0.1, -0.05) is 0 Å². The van der Waals surface area contributed by atoms with Crippen molar-refractivity contribution in [2.45, 2.75) is 64.8 Å². The van der Waals surface area contributed by atoms with E-state index in [2.05, 4.69) is 5.10 Å². The number of carbonyl (C=O) groups excluding carboxylic acids is 2. The Labute approximate surface area is 183 Å². The molecule has 0 aromatic carbocycles. The van der Waals surface area contributed by atoms with Crippen LogP contribution in [0.1, 0.15) is 55.3 Å². The number of rotatable bonds is 5. The molecule has 8 heteroatoms. The number of pyridine rings is 1. The number of hydrogen-bond acceptors (Lipinski definition) is 5. The highest BCUT2D eigenvalue weighted by Crippen LogP contribution is 2.31. The number of aryl methyl sites for hydroxylation is 3. The number of aromatic nitrogens is 3. The lowest BCUT2D eigenvalue weighted by molar-refractivity contribution is -0.147. The molecule has 0 bridgehead atoms. The summed E-state index contributed by atoms with van der Waals surface area (Å²) in [5.41, 5.74) is 3.82. The fourth-order valence-corrected chi connectivity index (χ4v) is 5.12. The van der Waals surface area contributed by atoms with Crippen LogP contribution in [0.3, 0.4) is 0 Å². The number of ether oxygens (including phenoxy) is 1. The van der Waals surface area contributed by atoms with E-state index >= 15 is 0 Å². The van der Waals surface area contributed by atoms with E-state index in [4.69, 9.17) is 9.72 Å². The molecule has 0 N–H and O–H groups in total. The van der Waals surface area contributed by atoms with Gasteiger partial charge in [-0.25, -0.2) is 9.67 Å². The van der Waals surface area contributed by atoms with Gasteiger partial charge in [0.25, 0.3) is 0 Å². The van der Waals surface area contributed by atoms with Crippen LogP contribution < -0.4 is 4.74 Å². The summed E-state index contributed by atoms with van der Waals surface area (Å²) in [7, 11) is 3.46. The second kappa shape index (κ2) is 8.85. The van der Waals surface area contributed by atoms with Crippen LogP contribution in [0.25, 0.3) is 11.0 Å². The number of nitrogens with zero attached hydrogens (tertiary/aromatic N) is 5. The van der Waals surface area contributed by atoms with Crippen LogP contribution in [0.2, 0.25) is 0 Å². The first-order valence-corrected chi connectivity index (χ1v) is 11.4. The fourth-order valence-electron chi connectivity index (χ4n) is 5.12. The zero-order valence-corrected chi connectivity index (χ0v) is 19.1. The molecule has 2 aliphatic heterocycles. The van der Waals surface area contributed by atoms with E-state index in [0.29, 0.717) is 25.3 Å². The van der Waals surface area contributed by atoms with Crippen LogP contribution in [0.4, 0.5) is 0 Å². The van der Waals surface area contributed by atoms with Gasteiger partial charge in [0.2, 0.25) is 17.7 Å². The molecule has 0 radical (unpaired) electrons. The molecule has 0 spiro atoms. The molecule has 168 valence electrons. The first-order valence-electron chi connectivity index (χ1n) is 11.4. The Morgan fingerprint density at radius 3 is 2.52 bits per heavy atom. The van der Waals surface area contributed by atoms with Crippen molar-refractivity contribution in [2.24, 2.45) is 7.05 Å². The summed E-state index contributed by atoms with van der Waals surface area (Å²) >= 11 is 0. The van der Waals surface area contributed by atoms with Gasteiger partial charge in [0.05, 0.1) is 12.5 Å². The number of piperidine rings is 1. The number of methoxy groups -OCH3 is 1. The number of hydrogen-bond donors (Lipinski definition) is 0. The van der Waals surface area contributed by atoms with Crippen molar-refractivity contribution in [3.63, 3.8) is 0 Å². The summed E-state index contributed by atoms with van der Waals surface area (Å²) < 4.78 is 7.17. The molecule has 4 heterocycles. The molecule has 4 rings (SSSR count). The summed E-state index contributed by atoms with van der Waals surface area (Å²) in [5, 5.41) is 5.30. The maximum atomic E-state index is 13.2. The van der Waals surface area contributed by atoms with Gasteiger partial charge in [0.1, 0.15) is 6.04 Å². The van der Waals surface area contributed by atoms with Crippen molar-refractivity contribution >= 4 is 22.8 Å². The molecule has 0 saturated carbocycles. The molecule has 1 atom stereocenters. The molecule has 2 amide bonds. The number of carbonyl (C=O) groups is 2. The third kappa shape index (κ3) is 4.00. The standard InChI is InChI=1S/C23H33N5O3/c1-15-17(16(2)24-21-20(15)22(31-4)25-26(21)3)10-11-19(29)28-14-6-5-9-18(28)23(30)27-12-7-8-13-27/h18H,5-14H2,1-4H3. The number of likely N-dealkylation sites (tertiary alicyclic amines) is 2. The molecule has 2 saturated heterocycles. The van der Waals surface area contributed by atoms with E-state index in [9.17, 15) is 9.59 Å². The summed E-state index contributed by atoms with van der Waals surface area (Å²) in [4.78, 5) is 34.7. The van der Waals surface area contributed by atoms with E-state index in [0.717, 1.165) is 73.0 Å². The highest BCUT2D eigenvalue weighted by atomic mass is 16.5. The van der Waals surface area contributed by atoms with Gasteiger partial charge in [0, 0.05) is 38.8 Å². The Morgan fingerprint density at radius 2 is 1.81 bits per heavy atom. The molecule has 31 heavy (non-hydrogen) atoms. The molecule has 8 nitrogen and oxygen atoms in total. The Hall–Kier alpha value is -2.64. The molecule has 0 aliphatic carbocycles. The van der Waals surface area contributed by atoms with Gasteiger partial charge in [-0.05, 0) is 63.5 Å². The summed E-state index contributed by atoms with van der Waals surface area (Å²) in [6.07, 6.45) is 5.86. The zero-order chi connectivity index (χ0) is 22.1. The molecular weight excluding hydrogens is 394 g/mol. The topological polar surface area (TPSA) is 80.6 Å². The van der Waals surface area contributed by atoms with Gasteiger partial charge < -0.3 is 14.5 Å². The average Bonchev–Trinajstić information content (AvgIpc) is 3.41. The van der Waals surface area contributed by atoms with Gasteiger partial charge in [-0.3, -0.25) is 9.59 Å². The lowest BCUT2D eigenvalue weighted by Crippen LogP contribution is -2.52. The van der Waals surface area contributed by atoms with Crippen molar-refractivity contribution in [3.05, 3.63) is 16.8 Å². The van der Waals surface area contributed by atoms with Crippen LogP contribution in [-0.2, 0) is 23.1 Å². The van der Waals surface area contributed by atoms with Crippen molar-refractivity contribution in [1.82, 2.24) is 24.6 Å². The Bertz CT molecular complexity index is 993. The fraction of sp³-hybridized carbons (Fsp3) is 0.652. The van der Waals surface area contributed by atoms with Crippen molar-refractivity contribution in [2.75, 3.05) is 26.7 Å². The molecule has 2 aliphatic rings. The Balaban J connectivity index is 1.52. The minimum Gasteiger partial charge on any atom is -0.479 e. The second-order valence-electron chi connectivity index (χ2n) is 8.76. The smallest absolute Gasteiger partial charge is 0.245 e. The van der Waals surface area contributed by atoms with Crippen LogP contribution in [-0.4, -0.2) is 69.2 Å². The lowest BCUT2D eigenvalue weighted by Gasteiger charge is -2.37. The van der Waals surface area contributed by atoms with Gasteiger partial charge in [0.15, 0.2) is 5.65 Å². The molecule has 2 aromatic heterocycles. The minimum absolute atomic E-state index is 0.0642. The average molecular weight is 428 g/mol. The van der Waals surface area contributed by atoms with Crippen molar-refractivity contribution in [1.29, 1.82) is 0 Å². The van der Waals surface area contributed by atoms with Crippen molar-refractivity contribution < 1.29 is 14.3 Å². The quantitative estimate of drug-likeness (QED) is 0.733. The van der Waals surface area contributed by atoms with E-state index in [-0.39, 0.29) is 17.9 Å². The maximum absolute atomic E-state index is 13.2. The predicted octanol–water partition coefficient (Wildman–Crippen LogP) is 2.53. The van der Waals surface area contributed by atoms with E-state index in [1.807, 2.05) is 30.7 Å². The highest BCUT2D eigenvalue weighted by molar-refractivity contribution is 5.89. The molecule has 2 aromatic rings. The second-order valence-corrected chi connectivity index (χ2v) is 8.76. The summed E-state index contributed by atoms with van der Waals surface area (Å²) in [5.74, 6) is 0.762. The Morgan fingerprint density at radius 1 is 1.10 bits per heavy atom. The highest BCUT2D eigenvalue weighted by Gasteiger charge is 2.35. The van der Waals surface area contributed by atoms with Crippen LogP contribution in [0, 0.1) is 13.8 Å². The summed E-state index contributed by atoms with van der Waals surface area (Å²) in [6.45, 7) is 6.35. The van der Waals surface area contributed by atoms with E-state index in [1.165, 1.54) is 0 Å². The predicted molar refractivity (Wildman–Crippen MR) is 118 cm³/mol. The first-order chi connectivity index (χ1) is 14.9. The first kappa shape index (κ1) is 21.6. The van der Waals surface area contributed by atoms with Crippen LogP contribution >= 0.6 is 0 Å². The van der Waals surface area contributed by atoms with Crippen LogP contribution in [0.15, 0.2) is 0 Å². The normalized spacial score (nSPS) is 19.3. The number of amides is 2. The van der Waals surface area contributed by atoms with E-state index < -0.39 is 0 Å². The molecule has 1 unspecified atom stereocenters. The summed E-state index contributed by atoms with van der Waals surface area (Å²) in [6, 6.07) is -0.291. The molecule has 2 fully saturated rings. The number of fused-ring (bicyclic) bond motifs is 1. The lowest BCUT2D eigenvalue weighted by atomic mass is 9.97. The largest absolute Gasteiger partial charge is 0.479 e. The van der Waals surface area contributed by atoms with E-state index in [1.54, 1.807) is 11.8 Å². The van der Waals surface area contributed by atoms with Gasteiger partial charge in [-0.15, -0.1) is 5.10 Å². The monoisotopic (exact) mass is 427 g/mol. The maximum Gasteiger partial charge on any atom is 0.245 e. The van der Waals surface area contributed by atoms with Crippen LogP contribution in [0.5, 0.6) is 5.88 Å². The SMILES string of the molecule is COc1nn(C)c2nc(C)c(CCC(=O)N3CCCCC3C(=O)N3CCCC3)c(C)c12. The van der Waals surface area contributed by atoms with Crippen molar-refractivity contribution in [3.8, 4) is 5.88 Å². The molecular formula is C23H33N5O3. The van der Waals surface area contributed by atoms with Gasteiger partial charge >= 0.3 is 0 Å². The zero-order valence-electron chi connectivity index (χ0n) is 19.1. The van der Waals surface area contributed by atoms with Gasteiger partial charge in [-0.2, -0.15) is 0 Å². The third-order valence-electron chi connectivity index (χ3n) is 6.83. The minimum atomic E-state index is -0.291. The Kier molecular flexibility index (Phi) is 6.16.